The second-order valence-electron chi connectivity index (χ2n) is 5.82. The molecule has 1 amide bonds. The zero-order valence-corrected chi connectivity index (χ0v) is 16.9. The number of halogens is 1. The lowest BCUT2D eigenvalue weighted by atomic mass is 10.1. The SMILES string of the molecule is Br.O.O=C(C[n+]1cccc(NC(=O)c2ccccc2)c1)c1cccc([N+](=O)[O-])c1. The number of aromatic nitrogens is 1. The zero-order chi connectivity index (χ0) is 19.2. The normalized spacial score (nSPS) is 9.52. The van der Waals surface area contributed by atoms with E-state index in [2.05, 4.69) is 5.32 Å². The number of pyridine rings is 1. The highest BCUT2D eigenvalue weighted by atomic mass is 79.9. The van der Waals surface area contributed by atoms with Crippen molar-refractivity contribution in [3.05, 3.63) is 100 Å². The highest BCUT2D eigenvalue weighted by Crippen LogP contribution is 2.14. The average Bonchev–Trinajstić information content (AvgIpc) is 2.69. The summed E-state index contributed by atoms with van der Waals surface area (Å²) in [6.45, 7) is -0.00375. The molecule has 0 bridgehead atoms. The number of carbonyl (C=O) groups excluding carboxylic acids is 2. The molecule has 3 rings (SSSR count). The van der Waals surface area contributed by atoms with Crippen LogP contribution in [0.2, 0.25) is 0 Å². The van der Waals surface area contributed by atoms with Gasteiger partial charge in [0.25, 0.3) is 11.6 Å². The second kappa shape index (κ2) is 10.8. The molecule has 3 aromatic rings. The summed E-state index contributed by atoms with van der Waals surface area (Å²) >= 11 is 0. The molecular weight excluding hydrogens is 442 g/mol. The first kappa shape index (κ1) is 23.6. The summed E-state index contributed by atoms with van der Waals surface area (Å²) in [5.41, 5.74) is 1.20. The van der Waals surface area contributed by atoms with E-state index < -0.39 is 4.92 Å². The van der Waals surface area contributed by atoms with E-state index >= 15 is 0 Å². The van der Waals surface area contributed by atoms with E-state index in [-0.39, 0.29) is 51.9 Å². The first-order chi connectivity index (χ1) is 13.0. The maximum atomic E-state index is 12.4. The minimum atomic E-state index is -0.538. The van der Waals surface area contributed by atoms with E-state index in [0.717, 1.165) is 0 Å². The monoisotopic (exact) mass is 460 g/mol. The molecular formula is C20H19BrN3O5+. The molecule has 0 aliphatic carbocycles. The summed E-state index contributed by atoms with van der Waals surface area (Å²) < 4.78 is 1.61. The fraction of sp³-hybridized carbons (Fsp3) is 0.0500. The third kappa shape index (κ3) is 6.30. The van der Waals surface area contributed by atoms with Crippen molar-refractivity contribution in [2.45, 2.75) is 6.54 Å². The highest BCUT2D eigenvalue weighted by Gasteiger charge is 2.16. The molecule has 1 aromatic heterocycles. The standard InChI is InChI=1S/C20H15N3O4.BrH.H2O/c24-19(16-8-4-10-18(12-16)23(26)27)14-22-11-5-9-17(13-22)21-20(25)15-6-2-1-3-7-15;;/h1-13H,14H2;1H;1H2/p+1. The van der Waals surface area contributed by atoms with Crippen LogP contribution >= 0.6 is 17.0 Å². The average molecular weight is 461 g/mol. The van der Waals surface area contributed by atoms with Crippen molar-refractivity contribution in [1.29, 1.82) is 0 Å². The van der Waals surface area contributed by atoms with Crippen LogP contribution in [0.3, 0.4) is 0 Å². The molecule has 0 atom stereocenters. The third-order valence-corrected chi connectivity index (χ3v) is 3.86. The number of benzene rings is 2. The summed E-state index contributed by atoms with van der Waals surface area (Å²) in [5, 5.41) is 13.6. The molecule has 0 aliphatic heterocycles. The summed E-state index contributed by atoms with van der Waals surface area (Å²) in [4.78, 5) is 34.9. The number of nitro groups is 1. The maximum absolute atomic E-state index is 12.4. The minimum Gasteiger partial charge on any atom is -0.412 e. The van der Waals surface area contributed by atoms with E-state index in [0.29, 0.717) is 11.3 Å². The molecule has 3 N–H and O–H groups in total. The Bertz CT molecular complexity index is 1010. The van der Waals surface area contributed by atoms with Gasteiger partial charge < -0.3 is 10.8 Å². The van der Waals surface area contributed by atoms with Gasteiger partial charge in [0, 0.05) is 29.3 Å². The number of hydrogen-bond donors (Lipinski definition) is 1. The van der Waals surface area contributed by atoms with Crippen LogP contribution in [-0.2, 0) is 6.54 Å². The van der Waals surface area contributed by atoms with Crippen molar-refractivity contribution in [1.82, 2.24) is 0 Å². The number of rotatable bonds is 6. The Hall–Kier alpha value is -3.43. The zero-order valence-electron chi connectivity index (χ0n) is 15.1. The van der Waals surface area contributed by atoms with Gasteiger partial charge in [-0.2, -0.15) is 4.57 Å². The van der Waals surface area contributed by atoms with Gasteiger partial charge in [0.05, 0.1) is 4.92 Å². The van der Waals surface area contributed by atoms with Crippen LogP contribution in [0.1, 0.15) is 20.7 Å². The summed E-state index contributed by atoms with van der Waals surface area (Å²) in [6, 6.07) is 17.8. The summed E-state index contributed by atoms with van der Waals surface area (Å²) in [7, 11) is 0. The fourth-order valence-corrected chi connectivity index (χ4v) is 2.54. The molecule has 0 saturated carbocycles. The van der Waals surface area contributed by atoms with Gasteiger partial charge in [0.1, 0.15) is 5.69 Å². The van der Waals surface area contributed by atoms with Crippen LogP contribution in [0.15, 0.2) is 79.1 Å². The van der Waals surface area contributed by atoms with Gasteiger partial charge in [-0.15, -0.1) is 17.0 Å². The quantitative estimate of drug-likeness (QED) is 0.262. The maximum Gasteiger partial charge on any atom is 0.270 e. The molecule has 0 aliphatic rings. The smallest absolute Gasteiger partial charge is 0.270 e. The van der Waals surface area contributed by atoms with Gasteiger partial charge in [0.2, 0.25) is 12.3 Å². The Morgan fingerprint density at radius 2 is 1.66 bits per heavy atom. The van der Waals surface area contributed by atoms with E-state index in [4.69, 9.17) is 0 Å². The van der Waals surface area contributed by atoms with E-state index in [1.54, 1.807) is 53.4 Å². The van der Waals surface area contributed by atoms with Crippen molar-refractivity contribution in [2.24, 2.45) is 0 Å². The molecule has 1 heterocycles. The van der Waals surface area contributed by atoms with Crippen molar-refractivity contribution in [2.75, 3.05) is 5.32 Å². The van der Waals surface area contributed by atoms with Gasteiger partial charge >= 0.3 is 0 Å². The van der Waals surface area contributed by atoms with Crippen LogP contribution in [0.4, 0.5) is 11.4 Å². The molecule has 29 heavy (non-hydrogen) atoms. The van der Waals surface area contributed by atoms with Gasteiger partial charge in [0.15, 0.2) is 12.4 Å². The number of Topliss-reactive ketones (excluding diaryl/α,β-unsaturated/α-hetero) is 1. The number of ketones is 1. The van der Waals surface area contributed by atoms with E-state index in [1.165, 1.54) is 24.3 Å². The number of nitrogens with zero attached hydrogens (tertiary/aromatic N) is 2. The number of amides is 1. The van der Waals surface area contributed by atoms with Crippen molar-refractivity contribution in [3.8, 4) is 0 Å². The Labute approximate surface area is 177 Å². The number of non-ortho nitro benzene ring substituents is 1. The van der Waals surface area contributed by atoms with Crippen molar-refractivity contribution >= 4 is 40.0 Å². The van der Waals surface area contributed by atoms with Gasteiger partial charge in [-0.3, -0.25) is 19.7 Å². The first-order valence-corrected chi connectivity index (χ1v) is 8.16. The molecule has 8 nitrogen and oxygen atoms in total. The summed E-state index contributed by atoms with van der Waals surface area (Å²) in [6.07, 6.45) is 3.32. The highest BCUT2D eigenvalue weighted by molar-refractivity contribution is 8.93. The molecule has 0 unspecified atom stereocenters. The van der Waals surface area contributed by atoms with Crippen molar-refractivity contribution < 1.29 is 24.6 Å². The molecule has 150 valence electrons. The number of carbonyl (C=O) groups is 2. The molecule has 9 heteroatoms. The Morgan fingerprint density at radius 1 is 0.966 bits per heavy atom. The van der Waals surface area contributed by atoms with Gasteiger partial charge in [-0.1, -0.05) is 30.3 Å². The lowest BCUT2D eigenvalue weighted by Crippen LogP contribution is -2.37. The van der Waals surface area contributed by atoms with Crippen molar-refractivity contribution in [3.63, 3.8) is 0 Å². The summed E-state index contributed by atoms with van der Waals surface area (Å²) in [5.74, 6) is -0.520. The predicted molar refractivity (Wildman–Crippen MR) is 112 cm³/mol. The van der Waals surface area contributed by atoms with Gasteiger partial charge in [-0.05, 0) is 18.2 Å². The Morgan fingerprint density at radius 3 is 2.34 bits per heavy atom. The number of anilines is 1. The number of nitrogens with one attached hydrogen (secondary N) is 1. The molecule has 0 fully saturated rings. The predicted octanol–water partition coefficient (Wildman–Crippen LogP) is 2.77. The third-order valence-electron chi connectivity index (χ3n) is 3.86. The Balaban J connectivity index is 0.00000210. The van der Waals surface area contributed by atoms with Crippen LogP contribution < -0.4 is 9.88 Å². The van der Waals surface area contributed by atoms with E-state index in [9.17, 15) is 19.7 Å². The Kier molecular flexibility index (Phi) is 8.78. The molecule has 2 aromatic carbocycles. The van der Waals surface area contributed by atoms with Gasteiger partial charge in [-0.25, -0.2) is 0 Å². The van der Waals surface area contributed by atoms with E-state index in [1.807, 2.05) is 6.07 Å². The lowest BCUT2D eigenvalue weighted by Gasteiger charge is -2.04. The molecule has 0 spiro atoms. The lowest BCUT2D eigenvalue weighted by molar-refractivity contribution is -0.682. The second-order valence-corrected chi connectivity index (χ2v) is 5.82. The number of hydrogen-bond acceptors (Lipinski definition) is 4. The van der Waals surface area contributed by atoms with Crippen LogP contribution in [0.5, 0.6) is 0 Å². The largest absolute Gasteiger partial charge is 0.412 e. The first-order valence-electron chi connectivity index (χ1n) is 8.16. The molecule has 0 saturated heterocycles. The molecule has 0 radical (unpaired) electrons. The minimum absolute atomic E-state index is 0. The van der Waals surface area contributed by atoms with Crippen LogP contribution in [-0.4, -0.2) is 22.1 Å². The van der Waals surface area contributed by atoms with Crippen LogP contribution in [0, 0.1) is 10.1 Å². The van der Waals surface area contributed by atoms with Crippen LogP contribution in [0.25, 0.3) is 0 Å². The number of nitro benzene ring substituents is 1. The fourth-order valence-electron chi connectivity index (χ4n) is 2.54. The topological polar surface area (TPSA) is 125 Å².